The van der Waals surface area contributed by atoms with Crippen LogP contribution >= 0.6 is 11.8 Å². The molecule has 0 aromatic heterocycles. The lowest BCUT2D eigenvalue weighted by atomic mass is 10.0. The van der Waals surface area contributed by atoms with Crippen LogP contribution in [0.1, 0.15) is 25.3 Å². The Kier molecular flexibility index (Phi) is 7.70. The van der Waals surface area contributed by atoms with Crippen molar-refractivity contribution in [2.45, 2.75) is 26.1 Å². The zero-order chi connectivity index (χ0) is 20.7. The summed E-state index contributed by atoms with van der Waals surface area (Å²) in [5.41, 5.74) is 2.06. The summed E-state index contributed by atoms with van der Waals surface area (Å²) in [6, 6.07) is 5.82. The summed E-state index contributed by atoms with van der Waals surface area (Å²) in [5.74, 6) is -0.513. The molecule has 152 valence electrons. The van der Waals surface area contributed by atoms with Crippen molar-refractivity contribution in [2.24, 2.45) is 0 Å². The third-order valence-corrected chi connectivity index (χ3v) is 4.64. The van der Waals surface area contributed by atoms with Crippen molar-refractivity contribution in [1.29, 1.82) is 5.41 Å². The molecule has 1 heterocycles. The van der Waals surface area contributed by atoms with Crippen LogP contribution in [0.4, 0.5) is 13.2 Å². The van der Waals surface area contributed by atoms with Crippen LogP contribution in [0.3, 0.4) is 0 Å². The van der Waals surface area contributed by atoms with E-state index in [4.69, 9.17) is 5.41 Å². The first-order valence-corrected chi connectivity index (χ1v) is 9.42. The van der Waals surface area contributed by atoms with Crippen molar-refractivity contribution in [1.82, 2.24) is 10.2 Å². The molecule has 5 nitrogen and oxygen atoms in total. The number of nitrogens with zero attached hydrogens (tertiary/aromatic N) is 1. The molecule has 0 atom stereocenters. The molecule has 1 aromatic rings. The smallest absolute Gasteiger partial charge is 0.406 e. The summed E-state index contributed by atoms with van der Waals surface area (Å²) in [5, 5.41) is 10.1. The molecular weight excluding hydrogens is 391 g/mol. The molecule has 1 saturated heterocycles. The molecule has 0 radical (unpaired) electrons. The van der Waals surface area contributed by atoms with E-state index in [9.17, 15) is 18.0 Å². The molecule has 1 aliphatic heterocycles. The van der Waals surface area contributed by atoms with E-state index in [1.807, 2.05) is 6.08 Å². The molecule has 2 N–H and O–H groups in total. The Bertz CT molecular complexity index is 751. The number of nitrogens with one attached hydrogen (secondary N) is 2. The highest BCUT2D eigenvalue weighted by Gasteiger charge is 2.30. The van der Waals surface area contributed by atoms with E-state index < -0.39 is 6.36 Å². The lowest BCUT2D eigenvalue weighted by Crippen LogP contribution is -2.32. The van der Waals surface area contributed by atoms with Gasteiger partial charge in [0, 0.05) is 26.6 Å². The third-order valence-electron chi connectivity index (χ3n) is 3.92. The Morgan fingerprint density at radius 2 is 1.93 bits per heavy atom. The molecule has 0 unspecified atom stereocenters. The standard InChI is InChI=1S/C19H22F3N3O2S/c1-13(28-18(23)24-14(2)26)12-25-9-7-16(8-10-25)11-15-3-5-17(6-4-15)27-19(20,21)22/h3-6,11H,1,7-10,12H2,2H3,(H2,23,24,26). The first-order valence-electron chi connectivity index (χ1n) is 8.60. The lowest BCUT2D eigenvalue weighted by molar-refractivity contribution is -0.274. The van der Waals surface area contributed by atoms with Crippen molar-refractivity contribution >= 4 is 28.9 Å². The Morgan fingerprint density at radius 1 is 1.32 bits per heavy atom. The van der Waals surface area contributed by atoms with Gasteiger partial charge in [0.1, 0.15) is 5.75 Å². The average molecular weight is 413 g/mol. The molecule has 0 saturated carbocycles. The minimum absolute atomic E-state index is 0.0630. The number of hydrogen-bond donors (Lipinski definition) is 2. The number of halogens is 3. The number of likely N-dealkylation sites (tertiary alicyclic amines) is 1. The first-order chi connectivity index (χ1) is 13.1. The van der Waals surface area contributed by atoms with Gasteiger partial charge in [-0.2, -0.15) is 0 Å². The van der Waals surface area contributed by atoms with E-state index in [-0.39, 0.29) is 16.8 Å². The predicted octanol–water partition coefficient (Wildman–Crippen LogP) is 4.38. The molecule has 1 amide bonds. The minimum Gasteiger partial charge on any atom is -0.406 e. The summed E-state index contributed by atoms with van der Waals surface area (Å²) in [6.45, 7) is 7.58. The van der Waals surface area contributed by atoms with E-state index in [1.54, 1.807) is 12.1 Å². The van der Waals surface area contributed by atoms with Crippen molar-refractivity contribution in [2.75, 3.05) is 19.6 Å². The fourth-order valence-corrected chi connectivity index (χ4v) is 3.49. The van der Waals surface area contributed by atoms with E-state index >= 15 is 0 Å². The van der Waals surface area contributed by atoms with Gasteiger partial charge in [-0.1, -0.05) is 42.1 Å². The van der Waals surface area contributed by atoms with Crippen LogP contribution in [-0.4, -0.2) is 42.0 Å². The molecule has 0 bridgehead atoms. The predicted molar refractivity (Wildman–Crippen MR) is 105 cm³/mol. The van der Waals surface area contributed by atoms with E-state index in [2.05, 4.69) is 21.5 Å². The minimum atomic E-state index is -4.68. The quantitative estimate of drug-likeness (QED) is 0.555. The van der Waals surface area contributed by atoms with Gasteiger partial charge in [0.05, 0.1) is 0 Å². The number of carbonyl (C=O) groups excluding carboxylic acids is 1. The summed E-state index contributed by atoms with van der Waals surface area (Å²) in [6.07, 6.45) is -0.996. The maximum Gasteiger partial charge on any atom is 0.573 e. The molecule has 0 aliphatic carbocycles. The number of alkyl halides is 3. The number of carbonyl (C=O) groups is 1. The van der Waals surface area contributed by atoms with Crippen molar-refractivity contribution in [3.05, 3.63) is 46.9 Å². The average Bonchev–Trinajstić information content (AvgIpc) is 2.56. The molecule has 1 fully saturated rings. The van der Waals surface area contributed by atoms with Gasteiger partial charge in [-0.3, -0.25) is 15.1 Å². The highest BCUT2D eigenvalue weighted by Crippen LogP contribution is 2.25. The molecule has 9 heteroatoms. The number of amidine groups is 1. The fraction of sp³-hybridized carbons (Fsp3) is 0.368. The number of rotatable bonds is 5. The van der Waals surface area contributed by atoms with Crippen molar-refractivity contribution < 1.29 is 22.7 Å². The molecule has 28 heavy (non-hydrogen) atoms. The normalized spacial score (nSPS) is 15.1. The zero-order valence-electron chi connectivity index (χ0n) is 15.4. The van der Waals surface area contributed by atoms with Gasteiger partial charge in [0.25, 0.3) is 0 Å². The van der Waals surface area contributed by atoms with E-state index in [0.29, 0.717) is 6.54 Å². The van der Waals surface area contributed by atoms with Crippen LogP contribution in [0, 0.1) is 5.41 Å². The van der Waals surface area contributed by atoms with Crippen LogP contribution in [0.15, 0.2) is 41.3 Å². The Hall–Kier alpha value is -2.26. The largest absolute Gasteiger partial charge is 0.573 e. The monoisotopic (exact) mass is 413 g/mol. The summed E-state index contributed by atoms with van der Waals surface area (Å²) >= 11 is 1.14. The number of amides is 1. The van der Waals surface area contributed by atoms with Crippen LogP contribution < -0.4 is 10.1 Å². The van der Waals surface area contributed by atoms with E-state index in [1.165, 1.54) is 24.6 Å². The van der Waals surface area contributed by atoms with Gasteiger partial charge in [0.2, 0.25) is 5.91 Å². The van der Waals surface area contributed by atoms with Gasteiger partial charge < -0.3 is 10.1 Å². The second-order valence-electron chi connectivity index (χ2n) is 6.35. The first kappa shape index (κ1) is 22.0. The third kappa shape index (κ3) is 8.18. The Labute approximate surface area is 166 Å². The van der Waals surface area contributed by atoms with Gasteiger partial charge >= 0.3 is 6.36 Å². The topological polar surface area (TPSA) is 65.4 Å². The molecular formula is C19H22F3N3O2S. The SMILES string of the molecule is C=C(CN1CCC(=Cc2ccc(OC(F)(F)F)cc2)CC1)SC(=N)NC(C)=O. The number of ether oxygens (including phenoxy) is 1. The number of hydrogen-bond acceptors (Lipinski definition) is 5. The van der Waals surface area contributed by atoms with E-state index in [0.717, 1.165) is 48.2 Å². The zero-order valence-corrected chi connectivity index (χ0v) is 16.3. The lowest BCUT2D eigenvalue weighted by Gasteiger charge is -2.28. The maximum atomic E-state index is 12.2. The number of thioether (sulfide) groups is 1. The number of piperidine rings is 1. The molecule has 2 rings (SSSR count). The number of benzene rings is 1. The van der Waals surface area contributed by atoms with Gasteiger partial charge in [-0.15, -0.1) is 13.2 Å². The van der Waals surface area contributed by atoms with Crippen LogP contribution in [0.2, 0.25) is 0 Å². The second-order valence-corrected chi connectivity index (χ2v) is 7.54. The highest BCUT2D eigenvalue weighted by atomic mass is 32.2. The summed E-state index contributed by atoms with van der Waals surface area (Å²) < 4.78 is 40.4. The van der Waals surface area contributed by atoms with Crippen LogP contribution in [-0.2, 0) is 4.79 Å². The molecule has 1 aliphatic rings. The van der Waals surface area contributed by atoms with Crippen LogP contribution in [0.5, 0.6) is 5.75 Å². The molecule has 1 aromatic carbocycles. The van der Waals surface area contributed by atoms with Gasteiger partial charge in [-0.25, -0.2) is 0 Å². The van der Waals surface area contributed by atoms with Crippen molar-refractivity contribution in [3.63, 3.8) is 0 Å². The van der Waals surface area contributed by atoms with Crippen LogP contribution in [0.25, 0.3) is 6.08 Å². The second kappa shape index (κ2) is 9.79. The van der Waals surface area contributed by atoms with Gasteiger partial charge in [-0.05, 0) is 35.4 Å². The Morgan fingerprint density at radius 3 is 2.46 bits per heavy atom. The molecule has 0 spiro atoms. The Balaban J connectivity index is 1.80. The summed E-state index contributed by atoms with van der Waals surface area (Å²) in [7, 11) is 0. The highest BCUT2D eigenvalue weighted by molar-refractivity contribution is 8.17. The maximum absolute atomic E-state index is 12.2. The fourth-order valence-electron chi connectivity index (χ4n) is 2.76. The summed E-state index contributed by atoms with van der Waals surface area (Å²) in [4.78, 5) is 13.9. The van der Waals surface area contributed by atoms with Gasteiger partial charge in [0.15, 0.2) is 5.17 Å². The van der Waals surface area contributed by atoms with Crippen molar-refractivity contribution in [3.8, 4) is 5.75 Å².